The van der Waals surface area contributed by atoms with Gasteiger partial charge >= 0.3 is 22.9 Å². The normalized spacial score (nSPS) is 9.15. The number of carboxylic acids is 1. The Morgan fingerprint density at radius 2 is 2.00 bits per heavy atom. The topological polar surface area (TPSA) is 131 Å². The molecule has 1 rings (SSSR count). The molecule has 13 heavy (non-hydrogen) atoms. The van der Waals surface area contributed by atoms with Crippen molar-refractivity contribution in [2.45, 2.75) is 0 Å². The molecular weight excluding hydrogens is 180 g/mol. The van der Waals surface area contributed by atoms with Crippen LogP contribution in [-0.4, -0.2) is 21.0 Å². The zero-order chi connectivity index (χ0) is 10.0. The van der Waals surface area contributed by atoms with Crippen molar-refractivity contribution in [2.75, 3.05) is 0 Å². The van der Waals surface area contributed by atoms with Crippen LogP contribution in [0.5, 0.6) is 0 Å². The maximum absolute atomic E-state index is 10.8. The first-order valence-electron chi connectivity index (χ1n) is 3.01. The number of rotatable bonds is 1. The van der Waals surface area contributed by atoms with E-state index in [1.165, 1.54) is 0 Å². The van der Waals surface area contributed by atoms with E-state index in [9.17, 15) is 14.4 Å². The first-order valence-corrected chi connectivity index (χ1v) is 3.01. The van der Waals surface area contributed by atoms with E-state index in [-0.39, 0.29) is 0 Å². The van der Waals surface area contributed by atoms with Gasteiger partial charge in [0.25, 0.3) is 0 Å². The average molecular weight is 183 g/mol. The molecule has 0 saturated carbocycles. The lowest BCUT2D eigenvalue weighted by molar-refractivity contribution is 0.0691. The monoisotopic (exact) mass is 183 g/mol. The van der Waals surface area contributed by atoms with Crippen molar-refractivity contribution in [1.29, 1.82) is 5.39 Å². The van der Waals surface area contributed by atoms with Gasteiger partial charge in [0.1, 0.15) is 0 Å². The third kappa shape index (κ3) is 1.43. The van der Waals surface area contributed by atoms with E-state index in [0.717, 1.165) is 0 Å². The van der Waals surface area contributed by atoms with Crippen LogP contribution in [-0.2, 0) is 0 Å². The molecule has 0 saturated heterocycles. The quantitative estimate of drug-likeness (QED) is 0.492. The van der Waals surface area contributed by atoms with Crippen LogP contribution in [0.2, 0.25) is 0 Å². The Bertz CT molecular complexity index is 504. The zero-order valence-corrected chi connectivity index (χ0v) is 6.07. The minimum absolute atomic E-state index is 0.743. The Labute approximate surface area is 69.5 Å². The summed E-state index contributed by atoms with van der Waals surface area (Å²) in [5, 5.41) is 16.7. The molecule has 3 N–H and O–H groups in total. The first kappa shape index (κ1) is 8.66. The number of aromatic nitrogens is 2. The van der Waals surface area contributed by atoms with Crippen molar-refractivity contribution in [2.24, 2.45) is 0 Å². The fraction of sp³-hybridized carbons (Fsp3) is 0. The van der Waals surface area contributed by atoms with Crippen LogP contribution in [0.3, 0.4) is 0 Å². The van der Waals surface area contributed by atoms with Gasteiger partial charge in [-0.05, 0) is 0 Å². The first-order chi connectivity index (χ1) is 6.06. The van der Waals surface area contributed by atoms with Crippen LogP contribution in [0.15, 0.2) is 9.59 Å². The van der Waals surface area contributed by atoms with E-state index < -0.39 is 28.6 Å². The number of diazo groups is 1. The molecule has 0 unspecified atom stereocenters. The standard InChI is InChI=1S/C5H2N4O4/c6-9-1-2(4(11)12)7-5(13)8-3(1)10/h(H2-,7,8,10,11,12,13)/p+1. The van der Waals surface area contributed by atoms with Crippen molar-refractivity contribution in [1.82, 2.24) is 9.97 Å². The minimum atomic E-state index is -1.56. The SMILES string of the molecule is N#[N+]c1c(C(=O)O)[nH]c(=O)[nH]c1=O. The number of hydrogen-bond acceptors (Lipinski definition) is 4. The van der Waals surface area contributed by atoms with Gasteiger partial charge in [0, 0.05) is 0 Å². The van der Waals surface area contributed by atoms with E-state index in [0.29, 0.717) is 0 Å². The number of H-pyrrole nitrogens is 2. The van der Waals surface area contributed by atoms with Crippen molar-refractivity contribution < 1.29 is 9.90 Å². The van der Waals surface area contributed by atoms with Gasteiger partial charge in [-0.2, -0.15) is 0 Å². The van der Waals surface area contributed by atoms with Gasteiger partial charge in [-0.3, -0.25) is 14.8 Å². The molecule has 8 nitrogen and oxygen atoms in total. The molecule has 0 radical (unpaired) electrons. The van der Waals surface area contributed by atoms with Crippen LogP contribution in [0, 0.1) is 5.39 Å². The molecule has 1 heterocycles. The fourth-order valence-electron chi connectivity index (χ4n) is 0.730. The average Bonchev–Trinajstić information content (AvgIpc) is 2.02. The summed E-state index contributed by atoms with van der Waals surface area (Å²) in [5.74, 6) is -1.56. The fourth-order valence-corrected chi connectivity index (χ4v) is 0.730. The number of hydrogen-bond donors (Lipinski definition) is 3. The van der Waals surface area contributed by atoms with Gasteiger partial charge < -0.3 is 5.11 Å². The van der Waals surface area contributed by atoms with Crippen LogP contribution in [0.1, 0.15) is 10.5 Å². The molecule has 1 aromatic rings. The Hall–Kier alpha value is -2.43. The second-order valence-electron chi connectivity index (χ2n) is 2.04. The zero-order valence-electron chi connectivity index (χ0n) is 6.07. The summed E-state index contributed by atoms with van der Waals surface area (Å²) in [6.45, 7) is 0. The molecule has 0 bridgehead atoms. The molecule has 1 aromatic heterocycles. The molecule has 0 aliphatic rings. The van der Waals surface area contributed by atoms with E-state index in [4.69, 9.17) is 10.5 Å². The van der Waals surface area contributed by atoms with Gasteiger partial charge in [-0.15, -0.1) is 0 Å². The third-order valence-corrected chi connectivity index (χ3v) is 1.23. The van der Waals surface area contributed by atoms with Gasteiger partial charge in [0.2, 0.25) is 11.1 Å². The van der Waals surface area contributed by atoms with Crippen molar-refractivity contribution in [3.63, 3.8) is 0 Å². The largest absolute Gasteiger partial charge is 0.479 e. The molecule has 0 amide bonds. The summed E-state index contributed by atoms with van der Waals surface area (Å²) in [6.07, 6.45) is 0. The van der Waals surface area contributed by atoms with Crippen molar-refractivity contribution in [3.05, 3.63) is 31.5 Å². The van der Waals surface area contributed by atoms with Crippen LogP contribution in [0.25, 0.3) is 4.98 Å². The number of carboxylic acid groups (broad SMARTS) is 1. The molecule has 66 valence electrons. The molecule has 0 aliphatic carbocycles. The Balaban J connectivity index is 3.70. The molecule has 0 aromatic carbocycles. The molecule has 0 spiro atoms. The smallest absolute Gasteiger partial charge is 0.476 e. The third-order valence-electron chi connectivity index (χ3n) is 1.23. The highest BCUT2D eigenvalue weighted by molar-refractivity contribution is 5.91. The lowest BCUT2D eigenvalue weighted by atomic mass is 10.3. The maximum Gasteiger partial charge on any atom is 0.479 e. The number of nitrogens with one attached hydrogen (secondary N) is 2. The summed E-state index contributed by atoms with van der Waals surface area (Å²) >= 11 is 0. The van der Waals surface area contributed by atoms with E-state index >= 15 is 0 Å². The van der Waals surface area contributed by atoms with Crippen LogP contribution >= 0.6 is 0 Å². The van der Waals surface area contributed by atoms with Crippen LogP contribution < -0.4 is 11.2 Å². The summed E-state index contributed by atoms with van der Waals surface area (Å²) < 4.78 is 0. The van der Waals surface area contributed by atoms with E-state index in [1.54, 1.807) is 9.97 Å². The molecular formula is C5H3N4O4+. The predicted octanol–water partition coefficient (Wildman–Crippen LogP) is -0.754. The number of aromatic amines is 2. The highest BCUT2D eigenvalue weighted by Gasteiger charge is 2.26. The molecule has 0 fully saturated rings. The van der Waals surface area contributed by atoms with Gasteiger partial charge in [0.15, 0.2) is 4.98 Å². The van der Waals surface area contributed by atoms with E-state index in [2.05, 4.69) is 4.98 Å². The van der Waals surface area contributed by atoms with Crippen LogP contribution in [0.4, 0.5) is 5.69 Å². The predicted molar refractivity (Wildman–Crippen MR) is 39.4 cm³/mol. The summed E-state index contributed by atoms with van der Waals surface area (Å²) in [6, 6.07) is 0. The summed E-state index contributed by atoms with van der Waals surface area (Å²) in [7, 11) is 0. The highest BCUT2D eigenvalue weighted by atomic mass is 16.4. The van der Waals surface area contributed by atoms with E-state index in [1.807, 2.05) is 0 Å². The molecule has 0 atom stereocenters. The number of aromatic carboxylic acids is 1. The Morgan fingerprint density at radius 1 is 1.38 bits per heavy atom. The maximum atomic E-state index is 10.8. The van der Waals surface area contributed by atoms with Gasteiger partial charge in [-0.1, -0.05) is 0 Å². The number of carbonyl (C=O) groups is 1. The van der Waals surface area contributed by atoms with Gasteiger partial charge in [-0.25, -0.2) is 9.59 Å². The summed E-state index contributed by atoms with van der Waals surface area (Å²) in [4.78, 5) is 37.7. The summed E-state index contributed by atoms with van der Waals surface area (Å²) in [5.41, 5.74) is -3.54. The Morgan fingerprint density at radius 3 is 2.46 bits per heavy atom. The second-order valence-corrected chi connectivity index (χ2v) is 2.04. The molecule has 8 heteroatoms. The Kier molecular flexibility index (Phi) is 1.93. The highest BCUT2D eigenvalue weighted by Crippen LogP contribution is 2.07. The van der Waals surface area contributed by atoms with Crippen molar-refractivity contribution >= 4 is 11.7 Å². The lowest BCUT2D eigenvalue weighted by Gasteiger charge is -1.87. The molecule has 0 aliphatic heterocycles. The van der Waals surface area contributed by atoms with Gasteiger partial charge in [0.05, 0.1) is 0 Å². The lowest BCUT2D eigenvalue weighted by Crippen LogP contribution is -2.25. The minimum Gasteiger partial charge on any atom is -0.476 e. The van der Waals surface area contributed by atoms with Crippen molar-refractivity contribution in [3.8, 4) is 0 Å². The second kappa shape index (κ2) is 2.90. The number of nitrogens with zero attached hydrogens (tertiary/aromatic N) is 2.